The molecule has 114 valence electrons. The van der Waals surface area contributed by atoms with Crippen LogP contribution in [0.5, 0.6) is 0 Å². The predicted molar refractivity (Wildman–Crippen MR) is 85.2 cm³/mol. The predicted octanol–water partition coefficient (Wildman–Crippen LogP) is 1.94. The zero-order valence-corrected chi connectivity index (χ0v) is 13.7. The molecule has 0 spiro atoms. The highest BCUT2D eigenvalue weighted by atomic mass is 28.3. The van der Waals surface area contributed by atoms with Crippen molar-refractivity contribution in [1.82, 2.24) is 20.0 Å². The van der Waals surface area contributed by atoms with E-state index in [9.17, 15) is 0 Å². The van der Waals surface area contributed by atoms with E-state index < -0.39 is 8.07 Å². The minimum Gasteiger partial charge on any atom is -0.360 e. The first kappa shape index (κ1) is 15.6. The van der Waals surface area contributed by atoms with Gasteiger partial charge in [0, 0.05) is 26.4 Å². The first-order valence-corrected chi connectivity index (χ1v) is 10.6. The molecular weight excluding hydrogens is 284 g/mol. The van der Waals surface area contributed by atoms with Crippen LogP contribution < -0.4 is 11.3 Å². The van der Waals surface area contributed by atoms with Gasteiger partial charge in [0.2, 0.25) is 0 Å². The number of nitrogen functional groups attached to an aromatic ring is 1. The summed E-state index contributed by atoms with van der Waals surface area (Å²) in [5.74, 6) is 5.79. The Hall–Kier alpha value is -1.77. The molecule has 8 heteroatoms. The normalized spacial score (nSPS) is 11.6. The SMILES string of the molecule is C[Si](C)(C)CCOCn1cc(-c2ccc(NN)nn2)cn1. The number of hydrogen-bond acceptors (Lipinski definition) is 6. The second kappa shape index (κ2) is 6.79. The maximum atomic E-state index is 5.65. The van der Waals surface area contributed by atoms with E-state index in [2.05, 4.69) is 40.4 Å². The minimum atomic E-state index is -1.04. The number of nitrogens with two attached hydrogens (primary N) is 1. The molecule has 2 heterocycles. The van der Waals surface area contributed by atoms with Crippen molar-refractivity contribution < 1.29 is 4.74 Å². The van der Waals surface area contributed by atoms with Gasteiger partial charge >= 0.3 is 0 Å². The first-order chi connectivity index (χ1) is 9.98. The second-order valence-corrected chi connectivity index (χ2v) is 11.7. The van der Waals surface area contributed by atoms with Crippen LogP contribution in [0.15, 0.2) is 24.5 Å². The highest BCUT2D eigenvalue weighted by Crippen LogP contribution is 2.16. The maximum Gasteiger partial charge on any atom is 0.162 e. The lowest BCUT2D eigenvalue weighted by Gasteiger charge is -2.15. The van der Waals surface area contributed by atoms with Crippen LogP contribution in [-0.4, -0.2) is 34.7 Å². The van der Waals surface area contributed by atoms with Gasteiger partial charge in [-0.15, -0.1) is 10.2 Å². The molecule has 0 aliphatic rings. The van der Waals surface area contributed by atoms with Gasteiger partial charge in [0.15, 0.2) is 5.82 Å². The zero-order valence-electron chi connectivity index (χ0n) is 12.7. The minimum absolute atomic E-state index is 0.459. The third kappa shape index (κ3) is 4.92. The van der Waals surface area contributed by atoms with Crippen molar-refractivity contribution in [3.8, 4) is 11.3 Å². The van der Waals surface area contributed by atoms with Crippen molar-refractivity contribution in [2.75, 3.05) is 12.0 Å². The molecule has 0 aliphatic heterocycles. The lowest BCUT2D eigenvalue weighted by molar-refractivity contribution is 0.0786. The fraction of sp³-hybridized carbons (Fsp3) is 0.462. The van der Waals surface area contributed by atoms with Crippen LogP contribution in [0.1, 0.15) is 0 Å². The summed E-state index contributed by atoms with van der Waals surface area (Å²) in [6.07, 6.45) is 3.65. The Bertz CT molecular complexity index is 563. The molecule has 0 radical (unpaired) electrons. The highest BCUT2D eigenvalue weighted by molar-refractivity contribution is 6.76. The van der Waals surface area contributed by atoms with Crippen LogP contribution >= 0.6 is 0 Å². The molecule has 0 saturated heterocycles. The number of ether oxygens (including phenoxy) is 1. The Morgan fingerprint density at radius 2 is 2.10 bits per heavy atom. The Balaban J connectivity index is 1.88. The molecule has 21 heavy (non-hydrogen) atoms. The van der Waals surface area contributed by atoms with Gasteiger partial charge in [0.1, 0.15) is 6.73 Å². The molecule has 0 bridgehead atoms. The number of rotatable bonds is 7. The number of nitrogens with one attached hydrogen (secondary N) is 1. The Labute approximate surface area is 125 Å². The summed E-state index contributed by atoms with van der Waals surface area (Å²) in [5, 5.41) is 12.3. The van der Waals surface area contributed by atoms with Crippen molar-refractivity contribution in [3.05, 3.63) is 24.5 Å². The van der Waals surface area contributed by atoms with Gasteiger partial charge in [-0.1, -0.05) is 19.6 Å². The van der Waals surface area contributed by atoms with Crippen LogP contribution in [0.4, 0.5) is 5.82 Å². The second-order valence-electron chi connectivity index (χ2n) is 6.06. The number of anilines is 1. The summed E-state index contributed by atoms with van der Waals surface area (Å²) < 4.78 is 7.41. The summed E-state index contributed by atoms with van der Waals surface area (Å²) >= 11 is 0. The molecule has 2 rings (SSSR count). The molecule has 0 aliphatic carbocycles. The summed E-state index contributed by atoms with van der Waals surface area (Å²) in [4.78, 5) is 0. The van der Waals surface area contributed by atoms with E-state index in [4.69, 9.17) is 10.6 Å². The molecule has 0 fully saturated rings. The molecule has 2 aromatic heterocycles. The van der Waals surface area contributed by atoms with Gasteiger partial charge in [-0.3, -0.25) is 0 Å². The van der Waals surface area contributed by atoms with Gasteiger partial charge in [-0.05, 0) is 18.2 Å². The number of aromatic nitrogens is 4. The van der Waals surface area contributed by atoms with E-state index in [-0.39, 0.29) is 0 Å². The highest BCUT2D eigenvalue weighted by Gasteiger charge is 2.12. The van der Waals surface area contributed by atoms with E-state index in [1.165, 1.54) is 0 Å². The smallest absolute Gasteiger partial charge is 0.162 e. The van der Waals surface area contributed by atoms with Crippen molar-refractivity contribution in [3.63, 3.8) is 0 Å². The number of hydrogen-bond donors (Lipinski definition) is 2. The van der Waals surface area contributed by atoms with Crippen molar-refractivity contribution in [2.45, 2.75) is 32.4 Å². The molecule has 0 amide bonds. The van der Waals surface area contributed by atoms with Gasteiger partial charge in [-0.25, -0.2) is 10.5 Å². The van der Waals surface area contributed by atoms with Crippen molar-refractivity contribution >= 4 is 13.9 Å². The zero-order chi connectivity index (χ0) is 15.3. The van der Waals surface area contributed by atoms with Crippen molar-refractivity contribution in [1.29, 1.82) is 0 Å². The van der Waals surface area contributed by atoms with Crippen LogP contribution in [0.3, 0.4) is 0 Å². The lowest BCUT2D eigenvalue weighted by atomic mass is 10.2. The third-order valence-electron chi connectivity index (χ3n) is 2.96. The molecule has 0 aromatic carbocycles. The van der Waals surface area contributed by atoms with Crippen LogP contribution in [0.2, 0.25) is 25.7 Å². The summed E-state index contributed by atoms with van der Waals surface area (Å²) in [6.45, 7) is 8.24. The van der Waals surface area contributed by atoms with Gasteiger partial charge in [0.05, 0.1) is 11.9 Å². The fourth-order valence-corrected chi connectivity index (χ4v) is 2.42. The van der Waals surface area contributed by atoms with Gasteiger partial charge < -0.3 is 10.2 Å². The van der Waals surface area contributed by atoms with Gasteiger partial charge in [-0.2, -0.15) is 5.10 Å². The third-order valence-corrected chi connectivity index (χ3v) is 4.67. The number of hydrazine groups is 1. The van der Waals surface area contributed by atoms with E-state index in [0.29, 0.717) is 12.5 Å². The monoisotopic (exact) mass is 306 g/mol. The Kier molecular flexibility index (Phi) is 5.05. The van der Waals surface area contributed by atoms with E-state index in [1.54, 1.807) is 16.9 Å². The molecule has 0 saturated carbocycles. The van der Waals surface area contributed by atoms with Gasteiger partial charge in [0.25, 0.3) is 0 Å². The van der Waals surface area contributed by atoms with Crippen LogP contribution in [0, 0.1) is 0 Å². The van der Waals surface area contributed by atoms with E-state index in [0.717, 1.165) is 23.9 Å². The molecule has 0 unspecified atom stereocenters. The quantitative estimate of drug-likeness (QED) is 0.351. The summed E-state index contributed by atoms with van der Waals surface area (Å²) in [6, 6.07) is 4.76. The average Bonchev–Trinajstić information content (AvgIpc) is 2.91. The number of nitrogens with zero attached hydrogens (tertiary/aromatic N) is 4. The van der Waals surface area contributed by atoms with Crippen molar-refractivity contribution in [2.24, 2.45) is 5.84 Å². The van der Waals surface area contributed by atoms with E-state index >= 15 is 0 Å². The molecular formula is C13H22N6OSi. The average molecular weight is 306 g/mol. The first-order valence-electron chi connectivity index (χ1n) is 6.89. The van der Waals surface area contributed by atoms with Crippen LogP contribution in [-0.2, 0) is 11.5 Å². The van der Waals surface area contributed by atoms with E-state index in [1.807, 2.05) is 12.3 Å². The molecule has 3 N–H and O–H groups in total. The summed E-state index contributed by atoms with van der Waals surface area (Å²) in [7, 11) is -1.04. The standard InChI is InChI=1S/C13H22N6OSi/c1-21(2,3)7-6-20-10-19-9-11(8-15-19)12-4-5-13(16-14)18-17-12/h4-5,8-9H,6-7,10,14H2,1-3H3,(H,16,18). The fourth-order valence-electron chi connectivity index (χ4n) is 1.67. The van der Waals surface area contributed by atoms with Crippen LogP contribution in [0.25, 0.3) is 11.3 Å². The lowest BCUT2D eigenvalue weighted by Crippen LogP contribution is -2.22. The largest absolute Gasteiger partial charge is 0.360 e. The molecule has 7 nitrogen and oxygen atoms in total. The molecule has 0 atom stereocenters. The Morgan fingerprint density at radius 3 is 2.71 bits per heavy atom. The maximum absolute atomic E-state index is 5.65. The summed E-state index contributed by atoms with van der Waals surface area (Å²) in [5.41, 5.74) is 4.10. The molecule has 2 aromatic rings. The Morgan fingerprint density at radius 1 is 1.29 bits per heavy atom. The topological polar surface area (TPSA) is 90.9 Å².